The third kappa shape index (κ3) is 26.4. The van der Waals surface area contributed by atoms with E-state index >= 15 is 0 Å². The van der Waals surface area contributed by atoms with Crippen molar-refractivity contribution in [1.29, 1.82) is 0 Å². The van der Waals surface area contributed by atoms with Gasteiger partial charge in [0.15, 0.2) is 0 Å². The van der Waals surface area contributed by atoms with E-state index in [1.807, 2.05) is 0 Å². The molecule has 0 aliphatic carbocycles. The molecule has 260 valence electrons. The summed E-state index contributed by atoms with van der Waals surface area (Å²) in [6, 6.07) is 0. The summed E-state index contributed by atoms with van der Waals surface area (Å²) >= 11 is 0. The predicted octanol–water partition coefficient (Wildman–Crippen LogP) is 0.460. The molecule has 18 heteroatoms. The zero-order valence-corrected chi connectivity index (χ0v) is 26.0. The average Bonchev–Trinajstić information content (AvgIpc) is 3.35. The Morgan fingerprint density at radius 1 is 0.533 bits per heavy atom. The zero-order chi connectivity index (χ0) is 32.5. The molecule has 1 rings (SSSR count). The molecule has 1 heterocycles. The van der Waals surface area contributed by atoms with E-state index in [0.29, 0.717) is 131 Å². The quantitative estimate of drug-likeness (QED) is 0.0305. The number of hydrogen-bond acceptors (Lipinski definition) is 15. The molecule has 0 spiro atoms. The van der Waals surface area contributed by atoms with E-state index in [0.717, 1.165) is 0 Å². The summed E-state index contributed by atoms with van der Waals surface area (Å²) in [5, 5.41) is 3.88. The molecule has 0 saturated carbocycles. The lowest BCUT2D eigenvalue weighted by Gasteiger charge is -2.12. The summed E-state index contributed by atoms with van der Waals surface area (Å²) < 4.78 is 53.7. The van der Waals surface area contributed by atoms with Crippen LogP contribution in [-0.2, 0) is 66.6 Å². The van der Waals surface area contributed by atoms with Crippen LogP contribution in [-0.4, -0.2) is 162 Å². The number of carbonyl (C=O) groups excluding carboxylic acids is 3. The Labute approximate surface area is 263 Å². The van der Waals surface area contributed by atoms with Gasteiger partial charge in [-0.25, -0.2) is 4.79 Å². The number of hydroxylamine groups is 2. The van der Waals surface area contributed by atoms with Crippen molar-refractivity contribution in [2.24, 2.45) is 5.11 Å². The van der Waals surface area contributed by atoms with Gasteiger partial charge in [-0.2, -0.15) is 0 Å². The van der Waals surface area contributed by atoms with Gasteiger partial charge < -0.3 is 52.2 Å². The number of ether oxygens (including phenoxy) is 10. The molecule has 1 aliphatic rings. The van der Waals surface area contributed by atoms with Crippen LogP contribution in [0.15, 0.2) is 5.11 Å². The van der Waals surface area contributed by atoms with Crippen LogP contribution in [0.2, 0.25) is 0 Å². The maximum absolute atomic E-state index is 11.6. The first-order chi connectivity index (χ1) is 22.1. The molecule has 18 nitrogen and oxygen atoms in total. The van der Waals surface area contributed by atoms with Gasteiger partial charge in [0.05, 0.1) is 139 Å². The Morgan fingerprint density at radius 3 is 1.13 bits per heavy atom. The van der Waals surface area contributed by atoms with Crippen molar-refractivity contribution in [2.75, 3.05) is 139 Å². The number of hydrogen-bond donors (Lipinski definition) is 0. The summed E-state index contributed by atoms with van der Waals surface area (Å²) in [5.74, 6) is -1.73. The first-order valence-corrected chi connectivity index (χ1v) is 15.0. The molecule has 1 saturated heterocycles. The molecule has 0 N–H and O–H groups in total. The molecule has 0 aromatic carbocycles. The molecule has 0 atom stereocenters. The maximum atomic E-state index is 11.6. The Kier molecular flexibility index (Phi) is 28.4. The predicted molar refractivity (Wildman–Crippen MR) is 154 cm³/mol. The molecule has 0 unspecified atom stereocenters. The van der Waals surface area contributed by atoms with Crippen LogP contribution in [0.3, 0.4) is 0 Å². The van der Waals surface area contributed by atoms with Crippen LogP contribution in [0.1, 0.15) is 19.3 Å². The van der Waals surface area contributed by atoms with Crippen LogP contribution in [0, 0.1) is 0 Å². The zero-order valence-electron chi connectivity index (χ0n) is 26.0. The summed E-state index contributed by atoms with van der Waals surface area (Å²) in [4.78, 5) is 41.8. The second-order valence-corrected chi connectivity index (χ2v) is 8.87. The normalized spacial score (nSPS) is 13.0. The lowest BCUT2D eigenvalue weighted by Crippen LogP contribution is -2.32. The van der Waals surface area contributed by atoms with Gasteiger partial charge in [0.25, 0.3) is 11.8 Å². The molecule has 45 heavy (non-hydrogen) atoms. The fourth-order valence-electron chi connectivity index (χ4n) is 3.19. The molecule has 1 fully saturated rings. The van der Waals surface area contributed by atoms with Crippen molar-refractivity contribution < 1.29 is 66.6 Å². The summed E-state index contributed by atoms with van der Waals surface area (Å²) in [6.45, 7) is 8.69. The first kappa shape index (κ1) is 40.5. The van der Waals surface area contributed by atoms with Crippen molar-refractivity contribution >= 4 is 17.8 Å². The summed E-state index contributed by atoms with van der Waals surface area (Å²) in [7, 11) is 0. The topological polar surface area (TPSA) is 205 Å². The van der Waals surface area contributed by atoms with Gasteiger partial charge in [0.1, 0.15) is 0 Å². The molecule has 0 bridgehead atoms. The van der Waals surface area contributed by atoms with E-state index in [2.05, 4.69) is 10.0 Å². The fraction of sp³-hybridized carbons (Fsp3) is 0.889. The molecule has 0 aromatic rings. The highest BCUT2D eigenvalue weighted by molar-refractivity contribution is 6.01. The Balaban J connectivity index is 1.66. The smallest absolute Gasteiger partial charge is 0.335 e. The molecule has 0 aromatic heterocycles. The van der Waals surface area contributed by atoms with Crippen LogP contribution >= 0.6 is 0 Å². The third-order valence-electron chi connectivity index (χ3n) is 5.40. The van der Waals surface area contributed by atoms with Gasteiger partial charge in [0, 0.05) is 24.3 Å². The highest BCUT2D eigenvalue weighted by Gasteiger charge is 2.32. The molecular weight excluding hydrogens is 604 g/mol. The highest BCUT2D eigenvalue weighted by atomic mass is 16.7. The molecule has 1 aliphatic heterocycles. The lowest BCUT2D eigenvalue weighted by atomic mass is 10.4. The van der Waals surface area contributed by atoms with Gasteiger partial charge >= 0.3 is 5.97 Å². The molecular formula is C27H48N4O14. The van der Waals surface area contributed by atoms with E-state index in [4.69, 9.17) is 57.7 Å². The van der Waals surface area contributed by atoms with E-state index in [1.54, 1.807) is 0 Å². The van der Waals surface area contributed by atoms with Crippen LogP contribution < -0.4 is 0 Å². The van der Waals surface area contributed by atoms with E-state index in [9.17, 15) is 14.4 Å². The Hall–Kier alpha value is -2.48. The minimum absolute atomic E-state index is 0.0575. The van der Waals surface area contributed by atoms with Crippen molar-refractivity contribution in [1.82, 2.24) is 5.06 Å². The van der Waals surface area contributed by atoms with Crippen molar-refractivity contribution in [3.8, 4) is 0 Å². The Morgan fingerprint density at radius 2 is 0.822 bits per heavy atom. The third-order valence-corrected chi connectivity index (χ3v) is 5.40. The van der Waals surface area contributed by atoms with Gasteiger partial charge in [0.2, 0.25) is 0 Å². The fourth-order valence-corrected chi connectivity index (χ4v) is 3.19. The largest absolute Gasteiger partial charge is 0.379 e. The standard InChI is InChI=1S/C27H48N4O14/c28-30-29-4-6-36-8-10-38-12-14-40-16-18-42-20-22-44-24-23-43-21-19-41-17-15-39-13-11-37-9-7-35-5-3-27(34)45-31-25(32)1-2-26(31)33/h1-24H2. The summed E-state index contributed by atoms with van der Waals surface area (Å²) in [5.41, 5.74) is 8.13. The van der Waals surface area contributed by atoms with Gasteiger partial charge in [-0.05, 0) is 5.53 Å². The minimum Gasteiger partial charge on any atom is -0.379 e. The number of imide groups is 1. The number of amides is 2. The minimum atomic E-state index is -0.701. The van der Waals surface area contributed by atoms with E-state index < -0.39 is 17.8 Å². The van der Waals surface area contributed by atoms with Crippen molar-refractivity contribution in [2.45, 2.75) is 19.3 Å². The lowest BCUT2D eigenvalue weighted by molar-refractivity contribution is -0.198. The van der Waals surface area contributed by atoms with E-state index in [1.165, 1.54) is 0 Å². The van der Waals surface area contributed by atoms with E-state index in [-0.39, 0.29) is 32.5 Å². The van der Waals surface area contributed by atoms with Crippen LogP contribution in [0.4, 0.5) is 0 Å². The first-order valence-electron chi connectivity index (χ1n) is 15.0. The number of carbonyl (C=O) groups is 3. The summed E-state index contributed by atoms with van der Waals surface area (Å²) in [6.07, 6.45) is 0.0391. The highest BCUT2D eigenvalue weighted by Crippen LogP contribution is 2.12. The van der Waals surface area contributed by atoms with Gasteiger partial charge in [-0.1, -0.05) is 5.11 Å². The second-order valence-electron chi connectivity index (χ2n) is 8.87. The van der Waals surface area contributed by atoms with Crippen LogP contribution in [0.5, 0.6) is 0 Å². The number of azide groups is 1. The SMILES string of the molecule is [N-]=[N+]=NCCOCCOCCOCCOCCOCCOCCOCCOCCOCCOCCC(=O)ON1C(=O)CCC1=O. The van der Waals surface area contributed by atoms with Gasteiger partial charge in [-0.3, -0.25) is 9.59 Å². The molecule has 0 radical (unpaired) electrons. The number of nitrogens with zero attached hydrogens (tertiary/aromatic N) is 4. The van der Waals surface area contributed by atoms with Gasteiger partial charge in [-0.15, -0.1) is 5.06 Å². The van der Waals surface area contributed by atoms with Crippen molar-refractivity contribution in [3.63, 3.8) is 0 Å². The molecule has 2 amide bonds. The monoisotopic (exact) mass is 652 g/mol. The maximum Gasteiger partial charge on any atom is 0.335 e. The number of rotatable bonds is 34. The van der Waals surface area contributed by atoms with Crippen molar-refractivity contribution in [3.05, 3.63) is 10.4 Å². The van der Waals surface area contributed by atoms with Crippen LogP contribution in [0.25, 0.3) is 10.4 Å². The average molecular weight is 653 g/mol. The second kappa shape index (κ2) is 31.5. The Bertz CT molecular complexity index is 787.